The van der Waals surface area contributed by atoms with Crippen molar-refractivity contribution in [2.45, 2.75) is 24.7 Å². The monoisotopic (exact) mass is 309 g/mol. The first kappa shape index (κ1) is 16.3. The number of ether oxygens (including phenoxy) is 1. The van der Waals surface area contributed by atoms with Crippen molar-refractivity contribution in [3.05, 3.63) is 35.9 Å². The predicted octanol–water partition coefficient (Wildman–Crippen LogP) is 2.14. The van der Waals surface area contributed by atoms with Gasteiger partial charge < -0.3 is 9.84 Å². The van der Waals surface area contributed by atoms with Crippen LogP contribution >= 0.6 is 11.8 Å². The van der Waals surface area contributed by atoms with Crippen molar-refractivity contribution in [3.63, 3.8) is 0 Å². The number of aliphatic carboxylic acids is 1. The molecule has 5 heteroatoms. The molecule has 0 bridgehead atoms. The average Bonchev–Trinajstić information content (AvgIpc) is 2.52. The Labute approximate surface area is 130 Å². The number of thioether (sulfide) groups is 1. The van der Waals surface area contributed by atoms with E-state index >= 15 is 0 Å². The maximum atomic E-state index is 11.4. The molecule has 0 radical (unpaired) electrons. The molecule has 116 valence electrons. The topological polar surface area (TPSA) is 49.8 Å². The summed E-state index contributed by atoms with van der Waals surface area (Å²) < 4.78 is 5.73. The van der Waals surface area contributed by atoms with Crippen molar-refractivity contribution >= 4 is 17.7 Å². The highest BCUT2D eigenvalue weighted by Crippen LogP contribution is 2.20. The van der Waals surface area contributed by atoms with Gasteiger partial charge in [-0.15, -0.1) is 11.8 Å². The van der Waals surface area contributed by atoms with Crippen LogP contribution in [0.3, 0.4) is 0 Å². The van der Waals surface area contributed by atoms with Crippen molar-refractivity contribution in [2.75, 3.05) is 32.0 Å². The summed E-state index contributed by atoms with van der Waals surface area (Å²) in [5.41, 5.74) is 1.07. The first-order valence-electron chi connectivity index (χ1n) is 7.41. The molecule has 1 saturated heterocycles. The third-order valence-electron chi connectivity index (χ3n) is 3.69. The van der Waals surface area contributed by atoms with Gasteiger partial charge in [0.1, 0.15) is 5.25 Å². The van der Waals surface area contributed by atoms with Crippen LogP contribution in [0.1, 0.15) is 12.5 Å². The average molecular weight is 309 g/mol. The summed E-state index contributed by atoms with van der Waals surface area (Å²) in [5.74, 6) is -0.00710. The summed E-state index contributed by atoms with van der Waals surface area (Å²) in [4.78, 5) is 13.8. The number of carboxylic acid groups (broad SMARTS) is 1. The molecule has 0 aliphatic carbocycles. The highest BCUT2D eigenvalue weighted by Gasteiger charge is 2.24. The molecule has 1 aromatic rings. The zero-order valence-corrected chi connectivity index (χ0v) is 13.2. The minimum atomic E-state index is -0.744. The van der Waals surface area contributed by atoms with Gasteiger partial charge in [-0.3, -0.25) is 9.69 Å². The van der Waals surface area contributed by atoms with Gasteiger partial charge >= 0.3 is 5.97 Å². The normalized spacial score (nSPS) is 21.1. The van der Waals surface area contributed by atoms with Crippen LogP contribution in [0.25, 0.3) is 0 Å². The van der Waals surface area contributed by atoms with Crippen molar-refractivity contribution < 1.29 is 14.6 Å². The molecule has 0 spiro atoms. The Bertz CT molecular complexity index is 440. The highest BCUT2D eigenvalue weighted by molar-refractivity contribution is 8.00. The van der Waals surface area contributed by atoms with E-state index in [4.69, 9.17) is 4.74 Å². The summed E-state index contributed by atoms with van der Waals surface area (Å²) in [6, 6.07) is 9.80. The fraction of sp³-hybridized carbons (Fsp3) is 0.562. The van der Waals surface area contributed by atoms with Gasteiger partial charge in [0.2, 0.25) is 0 Å². The molecule has 1 heterocycles. The zero-order valence-electron chi connectivity index (χ0n) is 12.4. The Morgan fingerprint density at radius 3 is 2.90 bits per heavy atom. The quantitative estimate of drug-likeness (QED) is 0.836. The SMILES string of the molecule is CCN1CCOC(CSC(Cc2ccccc2)C(=O)O)C1. The standard InChI is InChI=1S/C16H23NO3S/c1-2-17-8-9-20-14(11-17)12-21-15(16(18)19)10-13-6-4-3-5-7-13/h3-7,14-15H,2,8-12H2,1H3,(H,18,19). The molecule has 2 unspecified atom stereocenters. The number of carbonyl (C=O) groups is 1. The van der Waals surface area contributed by atoms with Crippen LogP contribution in [0.5, 0.6) is 0 Å². The summed E-state index contributed by atoms with van der Waals surface area (Å²) in [6.07, 6.45) is 0.701. The first-order chi connectivity index (χ1) is 10.2. The van der Waals surface area contributed by atoms with E-state index in [0.29, 0.717) is 6.42 Å². The lowest BCUT2D eigenvalue weighted by Crippen LogP contribution is -2.43. The van der Waals surface area contributed by atoms with Crippen LogP contribution in [-0.2, 0) is 16.0 Å². The van der Waals surface area contributed by atoms with Crippen LogP contribution in [0.2, 0.25) is 0 Å². The van der Waals surface area contributed by atoms with Gasteiger partial charge in [0.05, 0.1) is 12.7 Å². The Morgan fingerprint density at radius 2 is 2.24 bits per heavy atom. The van der Waals surface area contributed by atoms with Crippen molar-refractivity contribution in [1.29, 1.82) is 0 Å². The summed E-state index contributed by atoms with van der Waals surface area (Å²) in [5, 5.41) is 8.98. The minimum absolute atomic E-state index is 0.140. The molecular weight excluding hydrogens is 286 g/mol. The summed E-state index contributed by atoms with van der Waals surface area (Å²) in [7, 11) is 0. The van der Waals surface area contributed by atoms with Crippen LogP contribution < -0.4 is 0 Å². The number of hydrogen-bond donors (Lipinski definition) is 1. The van der Waals surface area contributed by atoms with Gasteiger partial charge in [0, 0.05) is 18.8 Å². The molecule has 2 rings (SSSR count). The molecule has 1 aliphatic rings. The Balaban J connectivity index is 1.84. The fourth-order valence-electron chi connectivity index (χ4n) is 2.44. The number of nitrogens with zero attached hydrogens (tertiary/aromatic N) is 1. The van der Waals surface area contributed by atoms with E-state index in [2.05, 4.69) is 11.8 Å². The third kappa shape index (κ3) is 5.34. The van der Waals surface area contributed by atoms with Gasteiger partial charge in [-0.25, -0.2) is 0 Å². The number of rotatable bonds is 7. The maximum absolute atomic E-state index is 11.4. The van der Waals surface area contributed by atoms with E-state index in [9.17, 15) is 9.90 Å². The van der Waals surface area contributed by atoms with Crippen LogP contribution in [-0.4, -0.2) is 59.3 Å². The maximum Gasteiger partial charge on any atom is 0.316 e. The third-order valence-corrected chi connectivity index (χ3v) is 5.03. The Morgan fingerprint density at radius 1 is 1.48 bits per heavy atom. The summed E-state index contributed by atoms with van der Waals surface area (Å²) >= 11 is 1.49. The predicted molar refractivity (Wildman–Crippen MR) is 85.9 cm³/mol. The lowest BCUT2D eigenvalue weighted by atomic mass is 10.1. The van der Waals surface area contributed by atoms with Gasteiger partial charge in [-0.1, -0.05) is 37.3 Å². The number of benzene rings is 1. The summed E-state index contributed by atoms with van der Waals surface area (Å²) in [6.45, 7) is 5.79. The molecule has 1 aromatic carbocycles. The van der Waals surface area contributed by atoms with E-state index in [0.717, 1.165) is 37.6 Å². The number of morpholine rings is 1. The Kier molecular flexibility index (Phi) is 6.54. The second-order valence-electron chi connectivity index (χ2n) is 5.24. The number of likely N-dealkylation sites (N-methyl/N-ethyl adjacent to an activating group) is 1. The van der Waals surface area contributed by atoms with E-state index < -0.39 is 11.2 Å². The van der Waals surface area contributed by atoms with Crippen molar-refractivity contribution in [2.24, 2.45) is 0 Å². The van der Waals surface area contributed by atoms with E-state index in [-0.39, 0.29) is 6.10 Å². The second kappa shape index (κ2) is 8.41. The molecule has 1 aliphatic heterocycles. The van der Waals surface area contributed by atoms with Crippen molar-refractivity contribution in [3.8, 4) is 0 Å². The molecule has 1 N–H and O–H groups in total. The number of hydrogen-bond acceptors (Lipinski definition) is 4. The molecular formula is C16H23NO3S. The van der Waals surface area contributed by atoms with Gasteiger partial charge in [0.15, 0.2) is 0 Å². The molecule has 0 amide bonds. The zero-order chi connectivity index (χ0) is 15.1. The van der Waals surface area contributed by atoms with Gasteiger partial charge in [-0.2, -0.15) is 0 Å². The fourth-order valence-corrected chi connectivity index (χ4v) is 3.54. The van der Waals surface area contributed by atoms with Crippen LogP contribution in [0, 0.1) is 0 Å². The van der Waals surface area contributed by atoms with Crippen LogP contribution in [0.4, 0.5) is 0 Å². The molecule has 1 fully saturated rings. The van der Waals surface area contributed by atoms with Gasteiger partial charge in [0.25, 0.3) is 0 Å². The lowest BCUT2D eigenvalue weighted by Gasteiger charge is -2.32. The van der Waals surface area contributed by atoms with E-state index in [1.807, 2.05) is 30.3 Å². The second-order valence-corrected chi connectivity index (χ2v) is 6.47. The minimum Gasteiger partial charge on any atom is -0.480 e. The van der Waals surface area contributed by atoms with Gasteiger partial charge in [-0.05, 0) is 18.5 Å². The molecule has 4 nitrogen and oxygen atoms in total. The van der Waals surface area contributed by atoms with Crippen LogP contribution in [0.15, 0.2) is 30.3 Å². The Hall–Kier alpha value is -1.04. The molecule has 0 saturated carbocycles. The largest absolute Gasteiger partial charge is 0.480 e. The molecule has 21 heavy (non-hydrogen) atoms. The van der Waals surface area contributed by atoms with Crippen molar-refractivity contribution in [1.82, 2.24) is 4.90 Å². The molecule has 0 aromatic heterocycles. The van der Waals surface area contributed by atoms with E-state index in [1.54, 1.807) is 0 Å². The first-order valence-corrected chi connectivity index (χ1v) is 8.46. The lowest BCUT2D eigenvalue weighted by molar-refractivity contribution is -0.136. The number of carboxylic acids is 1. The smallest absolute Gasteiger partial charge is 0.316 e. The molecule has 2 atom stereocenters. The highest BCUT2D eigenvalue weighted by atomic mass is 32.2. The van der Waals surface area contributed by atoms with E-state index in [1.165, 1.54) is 11.8 Å².